The van der Waals surface area contributed by atoms with Crippen molar-refractivity contribution in [1.82, 2.24) is 4.98 Å². The summed E-state index contributed by atoms with van der Waals surface area (Å²) in [5.74, 6) is 0.221. The molecule has 0 aliphatic rings. The fourth-order valence-electron chi connectivity index (χ4n) is 2.20. The van der Waals surface area contributed by atoms with Crippen molar-refractivity contribution in [3.8, 4) is 0 Å². The lowest BCUT2D eigenvalue weighted by Crippen LogP contribution is -2.03. The monoisotopic (exact) mass is 298 g/mol. The molecule has 5 heteroatoms. The van der Waals surface area contributed by atoms with Gasteiger partial charge in [-0.15, -0.1) is 0 Å². The maximum atomic E-state index is 11.9. The molecule has 0 saturated heterocycles. The standard InChI is InChI=1S/C17H18N2O3/c20-17(10-8-15-2-1-11-18-12-15)9-7-14-3-5-16(6-4-14)13-19(21)22/h1-6,11-12H,7-10,13H2. The molecular weight excluding hydrogens is 280 g/mol. The van der Waals surface area contributed by atoms with Crippen LogP contribution in [-0.4, -0.2) is 15.7 Å². The minimum atomic E-state index is -0.350. The molecule has 0 aliphatic carbocycles. The number of benzene rings is 1. The number of hydrogen-bond acceptors (Lipinski definition) is 4. The Hall–Kier alpha value is -2.56. The van der Waals surface area contributed by atoms with Gasteiger partial charge >= 0.3 is 0 Å². The summed E-state index contributed by atoms with van der Waals surface area (Å²) in [4.78, 5) is 26.0. The van der Waals surface area contributed by atoms with Crippen LogP contribution in [0.1, 0.15) is 29.5 Å². The minimum absolute atomic E-state index is 0.162. The highest BCUT2D eigenvalue weighted by Crippen LogP contribution is 2.09. The summed E-state index contributed by atoms with van der Waals surface area (Å²) >= 11 is 0. The van der Waals surface area contributed by atoms with E-state index in [-0.39, 0.29) is 17.3 Å². The molecule has 0 radical (unpaired) electrons. The molecule has 1 aromatic heterocycles. The van der Waals surface area contributed by atoms with Crippen molar-refractivity contribution < 1.29 is 9.72 Å². The van der Waals surface area contributed by atoms with Crippen LogP contribution in [0.5, 0.6) is 0 Å². The number of ketones is 1. The lowest BCUT2D eigenvalue weighted by Gasteiger charge is -2.03. The largest absolute Gasteiger partial charge is 0.300 e. The summed E-state index contributed by atoms with van der Waals surface area (Å²) in [6.45, 7) is -0.162. The van der Waals surface area contributed by atoms with Gasteiger partial charge in [0.2, 0.25) is 6.54 Å². The topological polar surface area (TPSA) is 73.1 Å². The number of Topliss-reactive ketones (excluding diaryl/α,β-unsaturated/α-hetero) is 1. The number of hydrogen-bond donors (Lipinski definition) is 0. The van der Waals surface area contributed by atoms with Crippen molar-refractivity contribution in [2.24, 2.45) is 0 Å². The van der Waals surface area contributed by atoms with Gasteiger partial charge < -0.3 is 0 Å². The van der Waals surface area contributed by atoms with Crippen LogP contribution < -0.4 is 0 Å². The van der Waals surface area contributed by atoms with Crippen molar-refractivity contribution in [3.63, 3.8) is 0 Å². The molecular formula is C17H18N2O3. The number of pyridine rings is 1. The van der Waals surface area contributed by atoms with Gasteiger partial charge in [-0.05, 0) is 30.0 Å². The average molecular weight is 298 g/mol. The number of rotatable bonds is 8. The molecule has 2 rings (SSSR count). The van der Waals surface area contributed by atoms with Crippen molar-refractivity contribution >= 4 is 5.78 Å². The van der Waals surface area contributed by atoms with Crippen LogP contribution in [0, 0.1) is 10.1 Å². The van der Waals surface area contributed by atoms with E-state index in [4.69, 9.17) is 0 Å². The van der Waals surface area contributed by atoms with E-state index in [1.54, 1.807) is 24.5 Å². The first-order valence-electron chi connectivity index (χ1n) is 7.24. The van der Waals surface area contributed by atoms with Crippen LogP contribution in [-0.2, 0) is 24.2 Å². The van der Waals surface area contributed by atoms with E-state index in [0.29, 0.717) is 31.2 Å². The van der Waals surface area contributed by atoms with E-state index >= 15 is 0 Å². The van der Waals surface area contributed by atoms with E-state index in [0.717, 1.165) is 11.1 Å². The van der Waals surface area contributed by atoms with Gasteiger partial charge in [-0.1, -0.05) is 30.3 Å². The normalized spacial score (nSPS) is 10.4. The summed E-state index contributed by atoms with van der Waals surface area (Å²) in [6.07, 6.45) is 5.90. The summed E-state index contributed by atoms with van der Waals surface area (Å²) in [5.41, 5.74) is 2.78. The van der Waals surface area contributed by atoms with Crippen LogP contribution >= 0.6 is 0 Å². The number of carbonyl (C=O) groups excluding carboxylic acids is 1. The molecule has 0 bridgehead atoms. The van der Waals surface area contributed by atoms with E-state index in [9.17, 15) is 14.9 Å². The molecule has 1 heterocycles. The average Bonchev–Trinajstić information content (AvgIpc) is 2.53. The van der Waals surface area contributed by atoms with E-state index in [1.807, 2.05) is 24.3 Å². The van der Waals surface area contributed by atoms with Gasteiger partial charge in [0.1, 0.15) is 5.78 Å². The second-order valence-corrected chi connectivity index (χ2v) is 5.21. The molecule has 5 nitrogen and oxygen atoms in total. The second-order valence-electron chi connectivity index (χ2n) is 5.21. The van der Waals surface area contributed by atoms with Crippen molar-refractivity contribution in [1.29, 1.82) is 0 Å². The molecule has 0 spiro atoms. The van der Waals surface area contributed by atoms with Crippen LogP contribution in [0.4, 0.5) is 0 Å². The van der Waals surface area contributed by atoms with Crippen LogP contribution in [0.3, 0.4) is 0 Å². The quantitative estimate of drug-likeness (QED) is 0.554. The third-order valence-electron chi connectivity index (χ3n) is 3.44. The smallest absolute Gasteiger partial charge is 0.228 e. The first-order valence-corrected chi connectivity index (χ1v) is 7.24. The number of aromatic nitrogens is 1. The van der Waals surface area contributed by atoms with E-state index in [1.165, 1.54) is 0 Å². The highest BCUT2D eigenvalue weighted by Gasteiger charge is 2.05. The van der Waals surface area contributed by atoms with Gasteiger partial charge in [-0.2, -0.15) is 0 Å². The highest BCUT2D eigenvalue weighted by atomic mass is 16.6. The zero-order valence-corrected chi connectivity index (χ0v) is 12.3. The predicted octanol–water partition coefficient (Wildman–Crippen LogP) is 2.99. The van der Waals surface area contributed by atoms with Gasteiger partial charge in [-0.3, -0.25) is 19.9 Å². The number of aryl methyl sites for hydroxylation is 2. The van der Waals surface area contributed by atoms with Gasteiger partial charge in [0, 0.05) is 35.7 Å². The maximum absolute atomic E-state index is 11.9. The molecule has 0 aliphatic heterocycles. The number of nitro groups is 1. The third kappa shape index (κ3) is 5.44. The molecule has 0 unspecified atom stereocenters. The van der Waals surface area contributed by atoms with Crippen molar-refractivity contribution in [2.45, 2.75) is 32.2 Å². The van der Waals surface area contributed by atoms with Crippen LogP contribution in [0.2, 0.25) is 0 Å². The fraction of sp³-hybridized carbons (Fsp3) is 0.294. The van der Waals surface area contributed by atoms with Crippen molar-refractivity contribution in [2.75, 3.05) is 0 Å². The molecule has 0 fully saturated rings. The van der Waals surface area contributed by atoms with Crippen LogP contribution in [0.15, 0.2) is 48.8 Å². The Morgan fingerprint density at radius 1 is 1.00 bits per heavy atom. The Balaban J connectivity index is 1.75. The molecule has 2 aromatic rings. The van der Waals surface area contributed by atoms with Crippen molar-refractivity contribution in [3.05, 3.63) is 75.6 Å². The summed E-state index contributed by atoms with van der Waals surface area (Å²) in [6, 6.07) is 11.0. The number of carbonyl (C=O) groups is 1. The zero-order chi connectivity index (χ0) is 15.8. The Labute approximate surface area is 129 Å². The lowest BCUT2D eigenvalue weighted by atomic mass is 10.0. The molecule has 0 amide bonds. The second kappa shape index (κ2) is 8.02. The first kappa shape index (κ1) is 15.8. The van der Waals surface area contributed by atoms with Gasteiger partial charge in [-0.25, -0.2) is 0 Å². The lowest BCUT2D eigenvalue weighted by molar-refractivity contribution is -0.496. The number of nitrogens with zero attached hydrogens (tertiary/aromatic N) is 2. The Morgan fingerprint density at radius 2 is 1.64 bits per heavy atom. The summed E-state index contributed by atoms with van der Waals surface area (Å²) < 4.78 is 0. The Morgan fingerprint density at radius 3 is 2.23 bits per heavy atom. The third-order valence-corrected chi connectivity index (χ3v) is 3.44. The summed E-state index contributed by atoms with van der Waals surface area (Å²) in [5, 5.41) is 10.4. The molecule has 0 atom stereocenters. The highest BCUT2D eigenvalue weighted by molar-refractivity contribution is 5.78. The van der Waals surface area contributed by atoms with E-state index in [2.05, 4.69) is 4.98 Å². The zero-order valence-electron chi connectivity index (χ0n) is 12.3. The molecule has 1 aromatic carbocycles. The van der Waals surface area contributed by atoms with Gasteiger partial charge in [0.25, 0.3) is 0 Å². The Kier molecular flexibility index (Phi) is 5.77. The molecule has 114 valence electrons. The van der Waals surface area contributed by atoms with Gasteiger partial charge in [0.05, 0.1) is 0 Å². The van der Waals surface area contributed by atoms with Crippen LogP contribution in [0.25, 0.3) is 0 Å². The van der Waals surface area contributed by atoms with E-state index < -0.39 is 0 Å². The molecule has 0 N–H and O–H groups in total. The summed E-state index contributed by atoms with van der Waals surface area (Å²) in [7, 11) is 0. The first-order chi connectivity index (χ1) is 10.6. The fourth-order valence-corrected chi connectivity index (χ4v) is 2.20. The minimum Gasteiger partial charge on any atom is -0.300 e. The molecule has 22 heavy (non-hydrogen) atoms. The predicted molar refractivity (Wildman–Crippen MR) is 83.0 cm³/mol. The maximum Gasteiger partial charge on any atom is 0.228 e. The Bertz CT molecular complexity index is 624. The molecule has 0 saturated carbocycles. The SMILES string of the molecule is O=C(CCc1ccc(C[N+](=O)[O-])cc1)CCc1cccnc1. The van der Waals surface area contributed by atoms with Gasteiger partial charge in [0.15, 0.2) is 0 Å².